The Morgan fingerprint density at radius 1 is 1.28 bits per heavy atom. The van der Waals surface area contributed by atoms with Crippen LogP contribution in [-0.2, 0) is 6.18 Å². The SMILES string of the molecule is CC(N)C(O)c1c(C(F)(F)F)[nH]c2ccccc12. The van der Waals surface area contributed by atoms with Crippen molar-refractivity contribution in [2.45, 2.75) is 25.2 Å². The lowest BCUT2D eigenvalue weighted by molar-refractivity contribution is -0.142. The van der Waals surface area contributed by atoms with E-state index < -0.39 is 24.0 Å². The molecule has 1 aromatic carbocycles. The number of rotatable bonds is 2. The number of benzene rings is 1. The summed E-state index contributed by atoms with van der Waals surface area (Å²) in [6, 6.07) is 5.52. The van der Waals surface area contributed by atoms with Gasteiger partial charge in [0.05, 0.1) is 6.10 Å². The lowest BCUT2D eigenvalue weighted by Gasteiger charge is -2.17. The van der Waals surface area contributed by atoms with E-state index in [2.05, 4.69) is 4.98 Å². The van der Waals surface area contributed by atoms with E-state index in [4.69, 9.17) is 5.73 Å². The standard InChI is InChI=1S/C12H13F3N2O/c1-6(16)10(18)9-7-4-2-3-5-8(7)17-11(9)12(13,14)15/h2-6,10,17-18H,16H2,1H3. The van der Waals surface area contributed by atoms with Crippen LogP contribution in [0.5, 0.6) is 0 Å². The predicted octanol–water partition coefficient (Wildman–Crippen LogP) is 2.57. The summed E-state index contributed by atoms with van der Waals surface area (Å²) < 4.78 is 38.8. The molecule has 0 aliphatic heterocycles. The zero-order chi connectivity index (χ0) is 13.5. The summed E-state index contributed by atoms with van der Waals surface area (Å²) in [5.74, 6) is 0. The summed E-state index contributed by atoms with van der Waals surface area (Å²) in [4.78, 5) is 2.30. The second kappa shape index (κ2) is 4.29. The van der Waals surface area contributed by atoms with Gasteiger partial charge in [-0.05, 0) is 13.0 Å². The van der Waals surface area contributed by atoms with Gasteiger partial charge < -0.3 is 15.8 Å². The van der Waals surface area contributed by atoms with E-state index in [-0.39, 0.29) is 5.56 Å². The smallest absolute Gasteiger partial charge is 0.387 e. The van der Waals surface area contributed by atoms with Gasteiger partial charge in [-0.15, -0.1) is 0 Å². The Kier molecular flexibility index (Phi) is 3.08. The molecule has 2 rings (SSSR count). The number of H-pyrrole nitrogens is 1. The highest BCUT2D eigenvalue weighted by Gasteiger charge is 2.38. The van der Waals surface area contributed by atoms with Gasteiger partial charge in [0.25, 0.3) is 0 Å². The second-order valence-electron chi connectivity index (χ2n) is 4.26. The molecule has 0 amide bonds. The number of aromatic nitrogens is 1. The minimum atomic E-state index is -4.55. The maximum absolute atomic E-state index is 12.9. The largest absolute Gasteiger partial charge is 0.431 e. The molecule has 0 saturated heterocycles. The molecule has 2 aromatic rings. The van der Waals surface area contributed by atoms with Crippen molar-refractivity contribution in [3.63, 3.8) is 0 Å². The summed E-state index contributed by atoms with van der Waals surface area (Å²) in [6.45, 7) is 1.46. The molecule has 6 heteroatoms. The van der Waals surface area contributed by atoms with E-state index in [1.165, 1.54) is 19.1 Å². The summed E-state index contributed by atoms with van der Waals surface area (Å²) in [7, 11) is 0. The maximum Gasteiger partial charge on any atom is 0.431 e. The molecule has 0 aliphatic rings. The average Bonchev–Trinajstić information content (AvgIpc) is 2.66. The van der Waals surface area contributed by atoms with Crippen molar-refractivity contribution in [3.8, 4) is 0 Å². The number of hydrogen-bond acceptors (Lipinski definition) is 2. The number of hydrogen-bond donors (Lipinski definition) is 3. The topological polar surface area (TPSA) is 62.0 Å². The highest BCUT2D eigenvalue weighted by molar-refractivity contribution is 5.85. The lowest BCUT2D eigenvalue weighted by atomic mass is 10.00. The molecular weight excluding hydrogens is 245 g/mol. The van der Waals surface area contributed by atoms with Gasteiger partial charge in [-0.3, -0.25) is 0 Å². The molecule has 0 bridgehead atoms. The highest BCUT2D eigenvalue weighted by Crippen LogP contribution is 2.39. The van der Waals surface area contributed by atoms with Crippen molar-refractivity contribution >= 4 is 10.9 Å². The van der Waals surface area contributed by atoms with Crippen LogP contribution in [0.15, 0.2) is 24.3 Å². The van der Waals surface area contributed by atoms with Crippen molar-refractivity contribution in [3.05, 3.63) is 35.5 Å². The number of aliphatic hydroxyl groups is 1. The van der Waals surface area contributed by atoms with E-state index in [0.717, 1.165) is 0 Å². The van der Waals surface area contributed by atoms with Gasteiger partial charge in [-0.25, -0.2) is 0 Å². The van der Waals surface area contributed by atoms with Gasteiger partial charge in [0, 0.05) is 22.5 Å². The number of halogens is 3. The molecule has 0 saturated carbocycles. The number of aliphatic hydroxyl groups excluding tert-OH is 1. The predicted molar refractivity (Wildman–Crippen MR) is 61.9 cm³/mol. The van der Waals surface area contributed by atoms with Crippen molar-refractivity contribution in [1.29, 1.82) is 0 Å². The summed E-state index contributed by atoms with van der Waals surface area (Å²) in [6.07, 6.45) is -5.91. The Bertz CT molecular complexity index is 560. The number of nitrogens with two attached hydrogens (primary N) is 1. The van der Waals surface area contributed by atoms with Crippen LogP contribution in [0.3, 0.4) is 0 Å². The van der Waals surface area contributed by atoms with Crippen LogP contribution in [0.25, 0.3) is 10.9 Å². The first-order chi connectivity index (χ1) is 8.32. The molecule has 4 N–H and O–H groups in total. The van der Waals surface area contributed by atoms with Crippen LogP contribution >= 0.6 is 0 Å². The first-order valence-electron chi connectivity index (χ1n) is 5.44. The fourth-order valence-electron chi connectivity index (χ4n) is 1.96. The summed E-state index contributed by atoms with van der Waals surface area (Å²) in [5, 5.41) is 10.2. The van der Waals surface area contributed by atoms with Gasteiger partial charge in [0.15, 0.2) is 0 Å². The molecule has 1 heterocycles. The van der Waals surface area contributed by atoms with E-state index in [1.807, 2.05) is 0 Å². The highest BCUT2D eigenvalue weighted by atomic mass is 19.4. The van der Waals surface area contributed by atoms with Crippen LogP contribution in [0.4, 0.5) is 13.2 Å². The molecule has 0 spiro atoms. The summed E-state index contributed by atoms with van der Waals surface area (Å²) in [5.41, 5.74) is 4.71. The molecule has 0 fully saturated rings. The Balaban J connectivity index is 2.73. The number of para-hydroxylation sites is 1. The first-order valence-corrected chi connectivity index (χ1v) is 5.44. The third-order valence-electron chi connectivity index (χ3n) is 2.82. The Morgan fingerprint density at radius 2 is 1.89 bits per heavy atom. The van der Waals surface area contributed by atoms with Crippen molar-refractivity contribution in [2.24, 2.45) is 5.73 Å². The van der Waals surface area contributed by atoms with Crippen LogP contribution in [0.1, 0.15) is 24.3 Å². The van der Waals surface area contributed by atoms with Crippen molar-refractivity contribution < 1.29 is 18.3 Å². The van der Waals surface area contributed by atoms with Gasteiger partial charge in [-0.2, -0.15) is 13.2 Å². The quantitative estimate of drug-likeness (QED) is 0.775. The fourth-order valence-corrected chi connectivity index (χ4v) is 1.96. The summed E-state index contributed by atoms with van der Waals surface area (Å²) >= 11 is 0. The van der Waals surface area contributed by atoms with Crippen molar-refractivity contribution in [2.75, 3.05) is 0 Å². The minimum Gasteiger partial charge on any atom is -0.387 e. The maximum atomic E-state index is 12.9. The molecule has 2 unspecified atom stereocenters. The van der Waals surface area contributed by atoms with Crippen LogP contribution in [0, 0.1) is 0 Å². The fraction of sp³-hybridized carbons (Fsp3) is 0.333. The Labute approximate surface area is 101 Å². The zero-order valence-corrected chi connectivity index (χ0v) is 9.62. The number of alkyl halides is 3. The van der Waals surface area contributed by atoms with E-state index in [1.54, 1.807) is 12.1 Å². The molecule has 3 nitrogen and oxygen atoms in total. The third kappa shape index (κ3) is 2.09. The third-order valence-corrected chi connectivity index (χ3v) is 2.82. The monoisotopic (exact) mass is 258 g/mol. The van der Waals surface area contributed by atoms with Gasteiger partial charge in [0.2, 0.25) is 0 Å². The van der Waals surface area contributed by atoms with Crippen molar-refractivity contribution in [1.82, 2.24) is 4.98 Å². The molecule has 1 aromatic heterocycles. The zero-order valence-electron chi connectivity index (χ0n) is 9.62. The second-order valence-corrected chi connectivity index (χ2v) is 4.26. The van der Waals surface area contributed by atoms with Gasteiger partial charge >= 0.3 is 6.18 Å². The van der Waals surface area contributed by atoms with E-state index in [0.29, 0.717) is 10.9 Å². The Morgan fingerprint density at radius 3 is 2.44 bits per heavy atom. The molecule has 98 valence electrons. The molecule has 0 radical (unpaired) electrons. The van der Waals surface area contributed by atoms with Crippen LogP contribution in [-0.4, -0.2) is 16.1 Å². The number of aromatic amines is 1. The number of nitrogens with one attached hydrogen (secondary N) is 1. The van der Waals surface area contributed by atoms with E-state index >= 15 is 0 Å². The van der Waals surface area contributed by atoms with E-state index in [9.17, 15) is 18.3 Å². The minimum absolute atomic E-state index is 0.187. The van der Waals surface area contributed by atoms with Crippen LogP contribution in [0.2, 0.25) is 0 Å². The Hall–Kier alpha value is -1.53. The number of fused-ring (bicyclic) bond motifs is 1. The first kappa shape index (κ1) is 12.9. The lowest BCUT2D eigenvalue weighted by Crippen LogP contribution is -2.26. The molecule has 18 heavy (non-hydrogen) atoms. The van der Waals surface area contributed by atoms with Gasteiger partial charge in [-0.1, -0.05) is 18.2 Å². The molecule has 0 aliphatic carbocycles. The normalized spacial score (nSPS) is 15.9. The average molecular weight is 258 g/mol. The molecular formula is C12H13F3N2O. The van der Waals surface area contributed by atoms with Crippen LogP contribution < -0.4 is 5.73 Å². The van der Waals surface area contributed by atoms with Gasteiger partial charge in [0.1, 0.15) is 5.69 Å². The molecule has 2 atom stereocenters.